The summed E-state index contributed by atoms with van der Waals surface area (Å²) in [6.07, 6.45) is 0.682. The summed E-state index contributed by atoms with van der Waals surface area (Å²) in [5.74, 6) is -0.603. The number of nitrogens with zero attached hydrogens (tertiary/aromatic N) is 1. The van der Waals surface area contributed by atoms with E-state index in [1.54, 1.807) is 35.2 Å². The van der Waals surface area contributed by atoms with Crippen LogP contribution in [0, 0.1) is 5.82 Å². The number of carbonyl (C=O) groups excluding carboxylic acids is 2. The number of hydrogen-bond acceptors (Lipinski definition) is 3. The lowest BCUT2D eigenvalue weighted by molar-refractivity contribution is 0.0694. The van der Waals surface area contributed by atoms with Gasteiger partial charge in [-0.3, -0.25) is 9.59 Å². The van der Waals surface area contributed by atoms with Gasteiger partial charge in [0.2, 0.25) is 0 Å². The second-order valence-corrected chi connectivity index (χ2v) is 8.54. The molecule has 0 aliphatic carbocycles. The van der Waals surface area contributed by atoms with E-state index in [4.69, 9.17) is 0 Å². The first-order valence-corrected chi connectivity index (χ1v) is 10.6. The average molecular weight is 418 g/mol. The van der Waals surface area contributed by atoms with Crippen molar-refractivity contribution in [1.82, 2.24) is 9.88 Å². The van der Waals surface area contributed by atoms with Crippen LogP contribution in [0.25, 0.3) is 10.9 Å². The van der Waals surface area contributed by atoms with Crippen molar-refractivity contribution in [2.75, 3.05) is 6.54 Å². The smallest absolute Gasteiger partial charge is 0.264 e. The number of rotatable bonds is 3. The van der Waals surface area contributed by atoms with Gasteiger partial charge in [0.1, 0.15) is 11.9 Å². The first kappa shape index (κ1) is 18.8. The van der Waals surface area contributed by atoms with E-state index in [9.17, 15) is 14.0 Å². The summed E-state index contributed by atoms with van der Waals surface area (Å²) in [6, 6.07) is 17.4. The molecule has 1 N–H and O–H groups in total. The van der Waals surface area contributed by atoms with Gasteiger partial charge < -0.3 is 9.88 Å². The van der Waals surface area contributed by atoms with E-state index >= 15 is 0 Å². The second kappa shape index (κ2) is 7.22. The highest BCUT2D eigenvalue weighted by Crippen LogP contribution is 2.40. The molecule has 1 aliphatic rings. The SMILES string of the molecule is CC(=O)c1ccc(C(=O)N2CCc3c([nH]c4ccccc34)[C@@H]2c2ccccc2F)s1. The molecule has 0 fully saturated rings. The topological polar surface area (TPSA) is 53.2 Å². The molecule has 30 heavy (non-hydrogen) atoms. The fourth-order valence-electron chi connectivity index (χ4n) is 4.26. The van der Waals surface area contributed by atoms with Crippen molar-refractivity contribution >= 4 is 33.9 Å². The maximum absolute atomic E-state index is 14.9. The lowest BCUT2D eigenvalue weighted by Crippen LogP contribution is -2.40. The second-order valence-electron chi connectivity index (χ2n) is 7.46. The molecule has 5 rings (SSSR count). The number of aromatic amines is 1. The van der Waals surface area contributed by atoms with Crippen molar-refractivity contribution in [1.29, 1.82) is 0 Å². The molecule has 1 aliphatic heterocycles. The summed E-state index contributed by atoms with van der Waals surface area (Å²) < 4.78 is 14.9. The highest BCUT2D eigenvalue weighted by atomic mass is 32.1. The van der Waals surface area contributed by atoms with Gasteiger partial charge in [0, 0.05) is 28.7 Å². The zero-order valence-electron chi connectivity index (χ0n) is 16.3. The highest BCUT2D eigenvalue weighted by molar-refractivity contribution is 7.15. The van der Waals surface area contributed by atoms with Crippen LogP contribution in [0.4, 0.5) is 4.39 Å². The Kier molecular flexibility index (Phi) is 4.51. The van der Waals surface area contributed by atoms with Crippen LogP contribution in [0.2, 0.25) is 0 Å². The zero-order chi connectivity index (χ0) is 20.8. The average Bonchev–Trinajstić information content (AvgIpc) is 3.38. The van der Waals surface area contributed by atoms with Crippen molar-refractivity contribution in [3.63, 3.8) is 0 Å². The molecule has 4 aromatic rings. The van der Waals surface area contributed by atoms with Crippen LogP contribution in [-0.2, 0) is 6.42 Å². The van der Waals surface area contributed by atoms with E-state index in [1.165, 1.54) is 24.3 Å². The van der Waals surface area contributed by atoms with E-state index in [0.29, 0.717) is 28.3 Å². The number of benzene rings is 2. The van der Waals surface area contributed by atoms with Crippen molar-refractivity contribution in [3.8, 4) is 0 Å². The van der Waals surface area contributed by atoms with Crippen molar-refractivity contribution in [2.24, 2.45) is 0 Å². The Hall–Kier alpha value is -3.25. The first-order chi connectivity index (χ1) is 14.5. The molecule has 0 saturated heterocycles. The summed E-state index contributed by atoms with van der Waals surface area (Å²) in [5.41, 5.74) is 3.41. The lowest BCUT2D eigenvalue weighted by atomic mass is 9.92. The van der Waals surface area contributed by atoms with Gasteiger partial charge in [-0.1, -0.05) is 36.4 Å². The number of hydrogen-bond donors (Lipinski definition) is 1. The van der Waals surface area contributed by atoms with Gasteiger partial charge in [0.05, 0.1) is 9.75 Å². The van der Waals surface area contributed by atoms with Gasteiger partial charge in [0.15, 0.2) is 5.78 Å². The van der Waals surface area contributed by atoms with E-state index < -0.39 is 6.04 Å². The van der Waals surface area contributed by atoms with Gasteiger partial charge in [-0.15, -0.1) is 11.3 Å². The first-order valence-electron chi connectivity index (χ1n) is 9.80. The maximum atomic E-state index is 14.9. The predicted octanol–water partition coefficient (Wildman–Crippen LogP) is 5.36. The number of H-pyrrole nitrogens is 1. The molecule has 0 radical (unpaired) electrons. The Labute approximate surface area is 177 Å². The highest BCUT2D eigenvalue weighted by Gasteiger charge is 2.36. The molecular weight excluding hydrogens is 399 g/mol. The fraction of sp³-hybridized carbons (Fsp3) is 0.167. The molecule has 150 valence electrons. The molecule has 0 unspecified atom stereocenters. The summed E-state index contributed by atoms with van der Waals surface area (Å²) in [7, 11) is 0. The number of halogens is 1. The standard InChI is InChI=1S/C24H19FN2O2S/c1-14(28)20-10-11-21(30-20)24(29)27-13-12-16-15-6-3-5-9-19(15)26-22(16)23(27)17-7-2-4-8-18(17)25/h2-11,23,26H,12-13H2,1H3/t23-/m0/s1. The number of Topliss-reactive ketones (excluding diaryl/α,β-unsaturated/α-hetero) is 1. The molecule has 0 saturated carbocycles. The molecule has 4 nitrogen and oxygen atoms in total. The lowest BCUT2D eigenvalue weighted by Gasteiger charge is -2.36. The summed E-state index contributed by atoms with van der Waals surface area (Å²) in [6.45, 7) is 1.96. The largest absolute Gasteiger partial charge is 0.356 e. The van der Waals surface area contributed by atoms with Crippen molar-refractivity contribution in [3.05, 3.63) is 93.1 Å². The number of carbonyl (C=O) groups is 2. The van der Waals surface area contributed by atoms with Crippen LogP contribution in [0.5, 0.6) is 0 Å². The molecule has 0 bridgehead atoms. The van der Waals surface area contributed by atoms with Crippen LogP contribution in [0.3, 0.4) is 0 Å². The van der Waals surface area contributed by atoms with Gasteiger partial charge >= 0.3 is 0 Å². The van der Waals surface area contributed by atoms with Gasteiger partial charge in [0.25, 0.3) is 5.91 Å². The van der Waals surface area contributed by atoms with Crippen molar-refractivity contribution < 1.29 is 14.0 Å². The summed E-state index contributed by atoms with van der Waals surface area (Å²) in [4.78, 5) is 31.3. The maximum Gasteiger partial charge on any atom is 0.264 e. The monoisotopic (exact) mass is 418 g/mol. The Morgan fingerprint density at radius 2 is 1.77 bits per heavy atom. The number of nitrogens with one attached hydrogen (secondary N) is 1. The minimum atomic E-state index is -0.558. The van der Waals surface area contributed by atoms with Crippen molar-refractivity contribution in [2.45, 2.75) is 19.4 Å². The molecule has 2 aromatic carbocycles. The van der Waals surface area contributed by atoms with E-state index in [2.05, 4.69) is 11.1 Å². The third-order valence-corrected chi connectivity index (χ3v) is 6.83. The van der Waals surface area contributed by atoms with Crippen LogP contribution in [0.15, 0.2) is 60.7 Å². The Morgan fingerprint density at radius 1 is 1.03 bits per heavy atom. The number of aromatic nitrogens is 1. The molecule has 0 spiro atoms. The molecule has 1 amide bonds. The zero-order valence-corrected chi connectivity index (χ0v) is 17.1. The number of para-hydroxylation sites is 1. The molecule has 2 aromatic heterocycles. The minimum Gasteiger partial charge on any atom is -0.356 e. The third kappa shape index (κ3) is 2.95. The number of fused-ring (bicyclic) bond motifs is 3. The normalized spacial score (nSPS) is 15.9. The van der Waals surface area contributed by atoms with E-state index in [-0.39, 0.29) is 17.5 Å². The fourth-order valence-corrected chi connectivity index (χ4v) is 5.12. The molecule has 3 heterocycles. The molecular formula is C24H19FN2O2S. The number of ketones is 1. The van der Waals surface area contributed by atoms with Crippen LogP contribution >= 0.6 is 11.3 Å². The number of thiophene rings is 1. The van der Waals surface area contributed by atoms with Gasteiger partial charge in [-0.2, -0.15) is 0 Å². The quantitative estimate of drug-likeness (QED) is 0.456. The number of amides is 1. The Bertz CT molecular complexity index is 1290. The predicted molar refractivity (Wildman–Crippen MR) is 116 cm³/mol. The minimum absolute atomic E-state index is 0.0683. The van der Waals surface area contributed by atoms with Crippen LogP contribution in [-0.4, -0.2) is 28.1 Å². The molecule has 6 heteroatoms. The van der Waals surface area contributed by atoms with Crippen LogP contribution < -0.4 is 0 Å². The van der Waals surface area contributed by atoms with Gasteiger partial charge in [-0.05, 0) is 43.2 Å². The van der Waals surface area contributed by atoms with E-state index in [1.807, 2.05) is 18.2 Å². The Morgan fingerprint density at radius 3 is 2.53 bits per heavy atom. The Balaban J connectivity index is 1.66. The summed E-state index contributed by atoms with van der Waals surface area (Å²) in [5, 5.41) is 1.11. The van der Waals surface area contributed by atoms with Gasteiger partial charge in [-0.25, -0.2) is 4.39 Å². The van der Waals surface area contributed by atoms with Crippen LogP contribution in [0.1, 0.15) is 49.1 Å². The molecule has 1 atom stereocenters. The van der Waals surface area contributed by atoms with E-state index in [0.717, 1.165) is 22.2 Å². The third-order valence-electron chi connectivity index (χ3n) is 5.66. The summed E-state index contributed by atoms with van der Waals surface area (Å²) >= 11 is 1.19.